The SMILES string of the molecule is COc1ccc(S(=O)(=O)N(Cc2ccc(Br)cc2)c2c(C)cc(C)cc2C(=O)O)cc1. The molecule has 0 radical (unpaired) electrons. The van der Waals surface area contributed by atoms with Gasteiger partial charge in [-0.3, -0.25) is 4.31 Å². The summed E-state index contributed by atoms with van der Waals surface area (Å²) in [5.41, 5.74) is 2.11. The maximum absolute atomic E-state index is 13.7. The van der Waals surface area contributed by atoms with Crippen LogP contribution in [0.2, 0.25) is 0 Å². The van der Waals surface area contributed by atoms with Gasteiger partial charge in [-0.05, 0) is 73.0 Å². The zero-order valence-corrected chi connectivity index (χ0v) is 19.7. The van der Waals surface area contributed by atoms with Crippen molar-refractivity contribution in [2.24, 2.45) is 0 Å². The first-order valence-corrected chi connectivity index (χ1v) is 11.6. The molecule has 8 heteroatoms. The molecule has 0 spiro atoms. The fourth-order valence-electron chi connectivity index (χ4n) is 3.37. The molecule has 3 aromatic rings. The highest BCUT2D eigenvalue weighted by atomic mass is 79.9. The number of rotatable bonds is 7. The van der Waals surface area contributed by atoms with Gasteiger partial charge in [0.1, 0.15) is 5.75 Å². The van der Waals surface area contributed by atoms with E-state index in [-0.39, 0.29) is 22.7 Å². The Balaban J connectivity index is 2.22. The highest BCUT2D eigenvalue weighted by Crippen LogP contribution is 2.34. The molecule has 3 aromatic carbocycles. The van der Waals surface area contributed by atoms with Crippen LogP contribution in [0.4, 0.5) is 5.69 Å². The van der Waals surface area contributed by atoms with Crippen molar-refractivity contribution in [3.63, 3.8) is 0 Å². The predicted octanol–water partition coefficient (Wildman–Crippen LogP) is 5.17. The second-order valence-corrected chi connectivity index (χ2v) is 9.87. The summed E-state index contributed by atoms with van der Waals surface area (Å²) in [5, 5.41) is 9.83. The summed E-state index contributed by atoms with van der Waals surface area (Å²) < 4.78 is 34.5. The van der Waals surface area contributed by atoms with E-state index in [9.17, 15) is 18.3 Å². The quantitative estimate of drug-likeness (QED) is 0.480. The standard InChI is InChI=1S/C23H22BrNO5S/c1-15-12-16(2)22(21(13-15)23(26)27)25(14-17-4-6-18(24)7-5-17)31(28,29)20-10-8-19(30-3)9-11-20/h4-13H,14H2,1-3H3,(H,26,27). The lowest BCUT2D eigenvalue weighted by molar-refractivity contribution is 0.0697. The fourth-order valence-corrected chi connectivity index (χ4v) is 5.17. The number of methoxy groups -OCH3 is 1. The molecule has 0 saturated carbocycles. The molecule has 162 valence electrons. The third-order valence-corrected chi connectivity index (χ3v) is 7.10. The van der Waals surface area contributed by atoms with Crippen LogP contribution in [-0.4, -0.2) is 26.6 Å². The van der Waals surface area contributed by atoms with Gasteiger partial charge in [-0.2, -0.15) is 0 Å². The number of nitrogens with zero attached hydrogens (tertiary/aromatic N) is 1. The third kappa shape index (κ3) is 4.91. The molecule has 3 rings (SSSR count). The van der Waals surface area contributed by atoms with Crippen LogP contribution < -0.4 is 9.04 Å². The molecule has 0 aliphatic heterocycles. The van der Waals surface area contributed by atoms with E-state index in [0.717, 1.165) is 19.9 Å². The molecule has 0 saturated heterocycles. The smallest absolute Gasteiger partial charge is 0.337 e. The molecule has 0 bridgehead atoms. The van der Waals surface area contributed by atoms with Crippen LogP contribution in [0.1, 0.15) is 27.0 Å². The number of halogens is 1. The Morgan fingerprint density at radius 3 is 2.19 bits per heavy atom. The summed E-state index contributed by atoms with van der Waals surface area (Å²) in [6, 6.07) is 16.5. The van der Waals surface area contributed by atoms with Crippen molar-refractivity contribution in [1.82, 2.24) is 0 Å². The molecule has 0 aliphatic rings. The van der Waals surface area contributed by atoms with E-state index in [0.29, 0.717) is 11.3 Å². The molecular formula is C23H22BrNO5S. The first kappa shape index (κ1) is 22.8. The summed E-state index contributed by atoms with van der Waals surface area (Å²) in [5.74, 6) is -0.663. The normalized spacial score (nSPS) is 11.2. The van der Waals surface area contributed by atoms with Gasteiger partial charge in [-0.15, -0.1) is 0 Å². The molecule has 0 heterocycles. The number of hydrogen-bond acceptors (Lipinski definition) is 4. The Morgan fingerprint density at radius 2 is 1.65 bits per heavy atom. The largest absolute Gasteiger partial charge is 0.497 e. The number of ether oxygens (including phenoxy) is 1. The van der Waals surface area contributed by atoms with E-state index < -0.39 is 16.0 Å². The molecule has 31 heavy (non-hydrogen) atoms. The molecular weight excluding hydrogens is 482 g/mol. The van der Waals surface area contributed by atoms with Gasteiger partial charge in [-0.1, -0.05) is 34.1 Å². The minimum Gasteiger partial charge on any atom is -0.497 e. The number of carboxylic acid groups (broad SMARTS) is 1. The minimum absolute atomic E-state index is 0.0220. The van der Waals surface area contributed by atoms with E-state index in [1.807, 2.05) is 12.1 Å². The number of anilines is 1. The van der Waals surface area contributed by atoms with Gasteiger partial charge in [0.15, 0.2) is 0 Å². The average molecular weight is 504 g/mol. The number of carbonyl (C=O) groups is 1. The minimum atomic E-state index is -4.08. The fraction of sp³-hybridized carbons (Fsp3) is 0.174. The zero-order valence-electron chi connectivity index (χ0n) is 17.3. The van der Waals surface area contributed by atoms with Crippen molar-refractivity contribution in [1.29, 1.82) is 0 Å². The first-order valence-electron chi connectivity index (χ1n) is 9.39. The number of sulfonamides is 1. The van der Waals surface area contributed by atoms with E-state index in [1.165, 1.54) is 25.3 Å². The maximum Gasteiger partial charge on any atom is 0.337 e. The third-order valence-electron chi connectivity index (χ3n) is 4.81. The van der Waals surface area contributed by atoms with Crippen molar-refractivity contribution in [2.75, 3.05) is 11.4 Å². The van der Waals surface area contributed by atoms with Crippen LogP contribution in [0.25, 0.3) is 0 Å². The van der Waals surface area contributed by atoms with Crippen LogP contribution in [0.5, 0.6) is 5.75 Å². The molecule has 0 unspecified atom stereocenters. The van der Waals surface area contributed by atoms with Crippen molar-refractivity contribution in [3.8, 4) is 5.75 Å². The lowest BCUT2D eigenvalue weighted by atomic mass is 10.0. The van der Waals surface area contributed by atoms with Gasteiger partial charge >= 0.3 is 5.97 Å². The summed E-state index contributed by atoms with van der Waals surface area (Å²) in [6.07, 6.45) is 0. The molecule has 6 nitrogen and oxygen atoms in total. The Bertz CT molecular complexity index is 1210. The maximum atomic E-state index is 13.7. The lowest BCUT2D eigenvalue weighted by Gasteiger charge is -2.28. The van der Waals surface area contributed by atoms with Crippen molar-refractivity contribution in [2.45, 2.75) is 25.3 Å². The van der Waals surface area contributed by atoms with E-state index >= 15 is 0 Å². The number of aromatic carboxylic acids is 1. The van der Waals surface area contributed by atoms with Crippen molar-refractivity contribution < 1.29 is 23.1 Å². The van der Waals surface area contributed by atoms with Crippen LogP contribution >= 0.6 is 15.9 Å². The molecule has 0 amide bonds. The average Bonchev–Trinajstić information content (AvgIpc) is 2.73. The number of carboxylic acids is 1. The van der Waals surface area contributed by atoms with E-state index in [2.05, 4.69) is 15.9 Å². The van der Waals surface area contributed by atoms with Crippen molar-refractivity contribution in [3.05, 3.63) is 87.4 Å². The predicted molar refractivity (Wildman–Crippen MR) is 123 cm³/mol. The molecule has 0 atom stereocenters. The summed E-state index contributed by atoms with van der Waals surface area (Å²) >= 11 is 3.38. The molecule has 0 aromatic heterocycles. The monoisotopic (exact) mass is 503 g/mol. The van der Waals surface area contributed by atoms with Crippen molar-refractivity contribution >= 4 is 37.6 Å². The molecule has 1 N–H and O–H groups in total. The van der Waals surface area contributed by atoms with Crippen LogP contribution in [0, 0.1) is 13.8 Å². The van der Waals surface area contributed by atoms with E-state index in [4.69, 9.17) is 4.74 Å². The number of benzene rings is 3. The zero-order chi connectivity index (χ0) is 22.8. The summed E-state index contributed by atoms with van der Waals surface area (Å²) in [4.78, 5) is 12.1. The highest BCUT2D eigenvalue weighted by Gasteiger charge is 2.30. The Labute approximate surface area is 190 Å². The second kappa shape index (κ2) is 9.11. The summed E-state index contributed by atoms with van der Waals surface area (Å²) in [6.45, 7) is 3.47. The molecule has 0 aliphatic carbocycles. The number of aryl methyl sites for hydroxylation is 2. The van der Waals surface area contributed by atoms with Gasteiger partial charge in [0, 0.05) is 4.47 Å². The van der Waals surface area contributed by atoms with Gasteiger partial charge in [0.25, 0.3) is 10.0 Å². The van der Waals surface area contributed by atoms with Gasteiger partial charge in [0.2, 0.25) is 0 Å². The van der Waals surface area contributed by atoms with E-state index in [1.54, 1.807) is 44.2 Å². The Morgan fingerprint density at radius 1 is 1.03 bits per heavy atom. The topological polar surface area (TPSA) is 83.9 Å². The van der Waals surface area contributed by atoms with Crippen LogP contribution in [0.15, 0.2) is 70.0 Å². The Kier molecular flexibility index (Phi) is 6.71. The summed E-state index contributed by atoms with van der Waals surface area (Å²) in [7, 11) is -2.58. The molecule has 0 fully saturated rings. The van der Waals surface area contributed by atoms with Crippen LogP contribution in [0.3, 0.4) is 0 Å². The van der Waals surface area contributed by atoms with Gasteiger partial charge in [-0.25, -0.2) is 13.2 Å². The van der Waals surface area contributed by atoms with Crippen LogP contribution in [-0.2, 0) is 16.6 Å². The highest BCUT2D eigenvalue weighted by molar-refractivity contribution is 9.10. The Hall–Kier alpha value is -2.84. The van der Waals surface area contributed by atoms with Gasteiger partial charge < -0.3 is 9.84 Å². The first-order chi connectivity index (χ1) is 14.6. The second-order valence-electron chi connectivity index (χ2n) is 7.10. The van der Waals surface area contributed by atoms with Gasteiger partial charge in [0.05, 0.1) is 29.8 Å². The number of hydrogen-bond donors (Lipinski definition) is 1. The lowest BCUT2D eigenvalue weighted by Crippen LogP contribution is -2.32.